The molecule has 0 aliphatic heterocycles. The topological polar surface area (TPSA) is 59.1 Å². The molecule has 0 aliphatic carbocycles. The highest BCUT2D eigenvalue weighted by Gasteiger charge is 2.15. The Hall–Kier alpha value is -0.980. The number of aromatic nitrogens is 1. The van der Waals surface area contributed by atoms with E-state index in [2.05, 4.69) is 24.9 Å². The summed E-state index contributed by atoms with van der Waals surface area (Å²) in [4.78, 5) is 4.05. The molecule has 0 spiro atoms. The lowest BCUT2D eigenvalue weighted by molar-refractivity contribution is 0.595. The fraction of sp³-hybridized carbons (Fsp3) is 0. The number of benzene rings is 1. The first-order valence-electron chi connectivity index (χ1n) is 4.10. The Morgan fingerprint density at radius 3 is 2.67 bits per heavy atom. The Labute approximate surface area is 95.7 Å². The zero-order valence-corrected chi connectivity index (χ0v) is 9.92. The SMILES string of the molecule is O=S(=O)(NBr)c1cncc2ccccc12. The first kappa shape index (κ1) is 10.5. The second-order valence-electron chi connectivity index (χ2n) is 2.94. The average Bonchev–Trinajstić information content (AvgIpc) is 2.28. The molecule has 78 valence electrons. The number of halogens is 1. The molecular weight excluding hydrogens is 280 g/mol. The molecule has 0 unspecified atom stereocenters. The first-order chi connectivity index (χ1) is 7.15. The molecule has 6 heteroatoms. The van der Waals surface area contributed by atoms with Crippen molar-refractivity contribution in [3.05, 3.63) is 36.7 Å². The largest absolute Gasteiger partial charge is 0.263 e. The van der Waals surface area contributed by atoms with E-state index in [0.717, 1.165) is 5.39 Å². The van der Waals surface area contributed by atoms with Crippen LogP contribution in [0, 0.1) is 0 Å². The average molecular weight is 287 g/mol. The third-order valence-corrected chi connectivity index (χ3v) is 4.41. The van der Waals surface area contributed by atoms with Crippen molar-refractivity contribution < 1.29 is 8.42 Å². The van der Waals surface area contributed by atoms with Gasteiger partial charge in [0.15, 0.2) is 0 Å². The van der Waals surface area contributed by atoms with E-state index in [1.54, 1.807) is 18.3 Å². The number of rotatable bonds is 2. The zero-order valence-electron chi connectivity index (χ0n) is 7.51. The van der Waals surface area contributed by atoms with Crippen LogP contribution in [-0.2, 0) is 10.0 Å². The highest BCUT2D eigenvalue weighted by atomic mass is 79.9. The molecule has 1 heterocycles. The van der Waals surface area contributed by atoms with Crippen LogP contribution < -0.4 is 3.75 Å². The monoisotopic (exact) mass is 286 g/mol. The maximum Gasteiger partial charge on any atom is 0.252 e. The van der Waals surface area contributed by atoms with Crippen molar-refractivity contribution in [3.8, 4) is 0 Å². The van der Waals surface area contributed by atoms with Crippen LogP contribution in [-0.4, -0.2) is 13.4 Å². The summed E-state index contributed by atoms with van der Waals surface area (Å²) < 4.78 is 25.3. The van der Waals surface area contributed by atoms with Crippen molar-refractivity contribution in [2.75, 3.05) is 0 Å². The maximum absolute atomic E-state index is 11.6. The van der Waals surface area contributed by atoms with Gasteiger partial charge in [-0.1, -0.05) is 24.3 Å². The predicted octanol–water partition coefficient (Wildman–Crippen LogP) is 1.82. The summed E-state index contributed by atoms with van der Waals surface area (Å²) in [5.41, 5.74) is 0. The van der Waals surface area contributed by atoms with Gasteiger partial charge in [-0.3, -0.25) is 4.98 Å². The molecular formula is C9H7BrN2O2S. The van der Waals surface area contributed by atoms with Gasteiger partial charge in [-0.15, -0.1) is 3.75 Å². The normalized spacial score (nSPS) is 11.8. The van der Waals surface area contributed by atoms with Crippen molar-refractivity contribution in [1.29, 1.82) is 0 Å². The molecule has 2 rings (SSSR count). The van der Waals surface area contributed by atoms with Gasteiger partial charge < -0.3 is 0 Å². The summed E-state index contributed by atoms with van der Waals surface area (Å²) in [5.74, 6) is 0. The molecule has 15 heavy (non-hydrogen) atoms. The van der Waals surface area contributed by atoms with E-state index < -0.39 is 10.0 Å². The molecule has 4 nitrogen and oxygen atoms in total. The van der Waals surface area contributed by atoms with E-state index in [1.807, 2.05) is 12.1 Å². The van der Waals surface area contributed by atoms with Gasteiger partial charge in [0.1, 0.15) is 4.90 Å². The fourth-order valence-electron chi connectivity index (χ4n) is 1.34. The van der Waals surface area contributed by atoms with Crippen LogP contribution >= 0.6 is 16.1 Å². The molecule has 0 amide bonds. The lowest BCUT2D eigenvalue weighted by atomic mass is 10.2. The summed E-state index contributed by atoms with van der Waals surface area (Å²) in [5, 5.41) is 1.45. The highest BCUT2D eigenvalue weighted by Crippen LogP contribution is 2.21. The lowest BCUT2D eigenvalue weighted by Gasteiger charge is -2.04. The van der Waals surface area contributed by atoms with E-state index >= 15 is 0 Å². The van der Waals surface area contributed by atoms with Crippen molar-refractivity contribution >= 4 is 36.9 Å². The van der Waals surface area contributed by atoms with Gasteiger partial charge in [0.25, 0.3) is 10.0 Å². The summed E-state index contributed by atoms with van der Waals surface area (Å²) >= 11 is 2.73. The number of hydrogen-bond donors (Lipinski definition) is 1. The van der Waals surface area contributed by atoms with E-state index in [-0.39, 0.29) is 4.90 Å². The van der Waals surface area contributed by atoms with Crippen molar-refractivity contribution in [3.63, 3.8) is 0 Å². The third kappa shape index (κ3) is 1.88. The van der Waals surface area contributed by atoms with Crippen LogP contribution in [0.25, 0.3) is 10.8 Å². The van der Waals surface area contributed by atoms with Gasteiger partial charge in [0.05, 0.1) is 0 Å². The van der Waals surface area contributed by atoms with Crippen LogP contribution in [0.4, 0.5) is 0 Å². The Balaban J connectivity index is 2.83. The standard InChI is InChI=1S/C9H7BrN2O2S/c10-12-15(13,14)9-6-11-5-7-3-1-2-4-8(7)9/h1-6,12H. The van der Waals surface area contributed by atoms with Crippen molar-refractivity contribution in [2.24, 2.45) is 0 Å². The second-order valence-corrected chi connectivity index (χ2v) is 5.51. The number of fused-ring (bicyclic) bond motifs is 1. The number of nitrogens with one attached hydrogen (secondary N) is 1. The number of sulfonamides is 1. The van der Waals surface area contributed by atoms with E-state index in [4.69, 9.17) is 0 Å². The molecule has 0 aliphatic rings. The Morgan fingerprint density at radius 2 is 1.93 bits per heavy atom. The summed E-state index contributed by atoms with van der Waals surface area (Å²) in [6, 6.07) is 7.18. The van der Waals surface area contributed by atoms with Gasteiger partial charge in [0.2, 0.25) is 0 Å². The molecule has 0 saturated carbocycles. The minimum absolute atomic E-state index is 0.164. The van der Waals surface area contributed by atoms with Gasteiger partial charge in [-0.25, -0.2) is 8.42 Å². The molecule has 0 fully saturated rings. The molecule has 0 atom stereocenters. The molecule has 2 aromatic rings. The van der Waals surface area contributed by atoms with Crippen LogP contribution in [0.5, 0.6) is 0 Å². The Morgan fingerprint density at radius 1 is 1.20 bits per heavy atom. The summed E-state index contributed by atoms with van der Waals surface area (Å²) in [7, 11) is -3.52. The van der Waals surface area contributed by atoms with E-state index in [9.17, 15) is 8.42 Å². The quantitative estimate of drug-likeness (QED) is 0.857. The van der Waals surface area contributed by atoms with Crippen LogP contribution in [0.2, 0.25) is 0 Å². The molecule has 1 N–H and O–H groups in total. The highest BCUT2D eigenvalue weighted by molar-refractivity contribution is 9.09. The minimum Gasteiger partial charge on any atom is -0.263 e. The molecule has 0 radical (unpaired) electrons. The number of nitrogens with zero attached hydrogens (tertiary/aromatic N) is 1. The Bertz CT molecular complexity index is 593. The van der Waals surface area contributed by atoms with Crippen molar-refractivity contribution in [2.45, 2.75) is 4.90 Å². The molecule has 0 saturated heterocycles. The van der Waals surface area contributed by atoms with E-state index in [1.165, 1.54) is 6.20 Å². The predicted molar refractivity (Wildman–Crippen MR) is 61.0 cm³/mol. The minimum atomic E-state index is -3.52. The summed E-state index contributed by atoms with van der Waals surface area (Å²) in [6.45, 7) is 0. The number of hydrogen-bond acceptors (Lipinski definition) is 3. The maximum atomic E-state index is 11.6. The molecule has 0 bridgehead atoms. The molecule has 1 aromatic carbocycles. The van der Waals surface area contributed by atoms with Crippen LogP contribution in [0.15, 0.2) is 41.6 Å². The smallest absolute Gasteiger partial charge is 0.252 e. The van der Waals surface area contributed by atoms with Gasteiger partial charge >= 0.3 is 0 Å². The second kappa shape index (κ2) is 3.88. The van der Waals surface area contributed by atoms with Crippen molar-refractivity contribution in [1.82, 2.24) is 8.73 Å². The first-order valence-corrected chi connectivity index (χ1v) is 6.38. The van der Waals surface area contributed by atoms with Gasteiger partial charge in [-0.2, -0.15) is 0 Å². The lowest BCUT2D eigenvalue weighted by Crippen LogP contribution is -2.13. The zero-order chi connectivity index (χ0) is 10.9. The van der Waals surface area contributed by atoms with Gasteiger partial charge in [0, 0.05) is 39.3 Å². The van der Waals surface area contributed by atoms with Gasteiger partial charge in [-0.05, 0) is 0 Å². The summed E-state index contributed by atoms with van der Waals surface area (Å²) in [6.07, 6.45) is 2.95. The molecule has 1 aromatic heterocycles. The van der Waals surface area contributed by atoms with Crippen LogP contribution in [0.1, 0.15) is 0 Å². The van der Waals surface area contributed by atoms with Crippen LogP contribution in [0.3, 0.4) is 0 Å². The fourth-order valence-corrected chi connectivity index (χ4v) is 2.63. The van der Waals surface area contributed by atoms with E-state index in [0.29, 0.717) is 5.39 Å². The number of pyridine rings is 1. The third-order valence-electron chi connectivity index (χ3n) is 2.02. The Kier molecular flexibility index (Phi) is 2.72.